The summed E-state index contributed by atoms with van der Waals surface area (Å²) in [5, 5.41) is 0. The first-order valence-electron chi connectivity index (χ1n) is 10.6. The minimum atomic E-state index is 0.784. The number of fused-ring (bicyclic) bond motifs is 2. The van der Waals surface area contributed by atoms with Crippen molar-refractivity contribution in [3.05, 3.63) is 24.8 Å². The van der Waals surface area contributed by atoms with Crippen LogP contribution in [-0.4, -0.2) is 23.0 Å². The van der Waals surface area contributed by atoms with Gasteiger partial charge in [-0.1, -0.05) is 32.1 Å². The maximum Gasteiger partial charge on any atom is -0.00333 e. The lowest BCUT2D eigenvalue weighted by Crippen LogP contribution is -2.10. The summed E-state index contributed by atoms with van der Waals surface area (Å²) in [6.07, 6.45) is 15.8. The molecule has 2 heteroatoms. The van der Waals surface area contributed by atoms with Gasteiger partial charge in [0, 0.05) is 0 Å². The molecule has 3 rings (SSSR count). The fourth-order valence-electron chi connectivity index (χ4n) is 5.19. The molecule has 25 heavy (non-hydrogen) atoms. The van der Waals surface area contributed by atoms with Crippen molar-refractivity contribution in [1.82, 2.24) is 0 Å². The molecule has 3 aliphatic rings. The van der Waals surface area contributed by atoms with Gasteiger partial charge < -0.3 is 0 Å². The monoisotopic (exact) mass is 378 g/mol. The molecular weight excluding hydrogens is 340 g/mol. The maximum atomic E-state index is 4.10. The summed E-state index contributed by atoms with van der Waals surface area (Å²) < 4.78 is 0. The lowest BCUT2D eigenvalue weighted by Gasteiger charge is -2.17. The minimum absolute atomic E-state index is 0.784. The molecule has 0 heterocycles. The molecule has 0 spiro atoms. The van der Waals surface area contributed by atoms with Crippen LogP contribution in [0.2, 0.25) is 0 Å². The van der Waals surface area contributed by atoms with E-state index < -0.39 is 0 Å². The third-order valence-corrected chi connectivity index (χ3v) is 9.42. The molecule has 6 atom stereocenters. The highest BCUT2D eigenvalue weighted by molar-refractivity contribution is 7.99. The van der Waals surface area contributed by atoms with Gasteiger partial charge in [-0.05, 0) is 103 Å². The molecule has 0 nitrogen and oxygen atoms in total. The largest absolute Gasteiger partial charge is 0.162 e. The van der Waals surface area contributed by atoms with Crippen molar-refractivity contribution >= 4 is 23.5 Å². The topological polar surface area (TPSA) is 0 Å². The summed E-state index contributed by atoms with van der Waals surface area (Å²) in [6.45, 7) is 8.88. The second-order valence-corrected chi connectivity index (χ2v) is 11.3. The smallest absolute Gasteiger partial charge is 0.00333 e. The van der Waals surface area contributed by atoms with E-state index in [1.54, 1.807) is 0 Å². The van der Waals surface area contributed by atoms with Crippen molar-refractivity contribution in [3.63, 3.8) is 0 Å². The quantitative estimate of drug-likeness (QED) is 0.282. The van der Waals surface area contributed by atoms with Gasteiger partial charge in [-0.25, -0.2) is 0 Å². The van der Waals surface area contributed by atoms with E-state index in [4.69, 9.17) is 0 Å². The Kier molecular flexibility index (Phi) is 7.91. The standard InChI is InChI=1S/C23H38S2/c1-4-19-13-21(17(2)3)14-23(19)16-25-10-6-5-9-24-15-22-12-18-7-8-20(22)11-18/h4,7-8,17-23H,1,5-6,9-16H2,2-3H3. The van der Waals surface area contributed by atoms with Gasteiger partial charge in [-0.15, -0.1) is 6.58 Å². The molecule has 142 valence electrons. The van der Waals surface area contributed by atoms with Crippen molar-refractivity contribution in [1.29, 1.82) is 0 Å². The van der Waals surface area contributed by atoms with Crippen LogP contribution in [0.1, 0.15) is 52.4 Å². The van der Waals surface area contributed by atoms with Crippen LogP contribution in [-0.2, 0) is 0 Å². The second-order valence-electron chi connectivity index (χ2n) is 9.03. The molecule has 0 amide bonds. The SMILES string of the molecule is C=CC1CC(C(C)C)CC1CSCCCCSCC1CC2C=CC1C2. The average Bonchev–Trinajstić information content (AvgIpc) is 3.31. The lowest BCUT2D eigenvalue weighted by molar-refractivity contribution is 0.383. The van der Waals surface area contributed by atoms with Crippen LogP contribution in [0, 0.1) is 41.4 Å². The Balaban J connectivity index is 1.19. The molecule has 0 aliphatic heterocycles. The van der Waals surface area contributed by atoms with Gasteiger partial charge in [0.2, 0.25) is 0 Å². The zero-order valence-corrected chi connectivity index (χ0v) is 18.0. The molecule has 0 aromatic heterocycles. The molecule has 6 unspecified atom stereocenters. The summed E-state index contributed by atoms with van der Waals surface area (Å²) in [7, 11) is 0. The average molecular weight is 379 g/mol. The Morgan fingerprint density at radius 3 is 2.24 bits per heavy atom. The van der Waals surface area contributed by atoms with Crippen LogP contribution in [0.15, 0.2) is 24.8 Å². The third-order valence-electron chi connectivity index (χ3n) is 6.94. The zero-order chi connectivity index (χ0) is 17.6. The van der Waals surface area contributed by atoms with Gasteiger partial charge in [0.25, 0.3) is 0 Å². The van der Waals surface area contributed by atoms with Crippen LogP contribution in [0.4, 0.5) is 0 Å². The van der Waals surface area contributed by atoms with Crippen molar-refractivity contribution in [2.24, 2.45) is 41.4 Å². The predicted molar refractivity (Wildman–Crippen MR) is 117 cm³/mol. The Bertz CT molecular complexity index is 441. The fourth-order valence-corrected chi connectivity index (χ4v) is 7.71. The first-order valence-corrected chi connectivity index (χ1v) is 12.9. The fraction of sp³-hybridized carbons (Fsp3) is 0.826. The van der Waals surface area contributed by atoms with Crippen LogP contribution >= 0.6 is 23.5 Å². The third kappa shape index (κ3) is 5.58. The van der Waals surface area contributed by atoms with Gasteiger partial charge in [0.05, 0.1) is 0 Å². The lowest BCUT2D eigenvalue weighted by atomic mass is 9.93. The Labute approximate surface area is 165 Å². The van der Waals surface area contributed by atoms with E-state index in [0.717, 1.165) is 41.4 Å². The summed E-state index contributed by atoms with van der Waals surface area (Å²) in [6, 6.07) is 0. The summed E-state index contributed by atoms with van der Waals surface area (Å²) in [4.78, 5) is 0. The van der Waals surface area contributed by atoms with E-state index in [0.29, 0.717) is 0 Å². The number of thioether (sulfide) groups is 2. The van der Waals surface area contributed by atoms with Crippen molar-refractivity contribution in [2.75, 3.05) is 23.0 Å². The molecular formula is C23H38S2. The van der Waals surface area contributed by atoms with E-state index in [-0.39, 0.29) is 0 Å². The molecule has 0 aromatic carbocycles. The normalized spacial score (nSPS) is 36.6. The first kappa shape index (κ1) is 19.9. The zero-order valence-electron chi connectivity index (χ0n) is 16.4. The van der Waals surface area contributed by atoms with Gasteiger partial charge >= 0.3 is 0 Å². The highest BCUT2D eigenvalue weighted by Gasteiger charge is 2.35. The van der Waals surface area contributed by atoms with Crippen molar-refractivity contribution in [2.45, 2.75) is 52.4 Å². The number of hydrogen-bond acceptors (Lipinski definition) is 2. The Morgan fingerprint density at radius 1 is 0.960 bits per heavy atom. The highest BCUT2D eigenvalue weighted by atomic mass is 32.2. The Morgan fingerprint density at radius 2 is 1.68 bits per heavy atom. The van der Waals surface area contributed by atoms with Crippen LogP contribution < -0.4 is 0 Å². The van der Waals surface area contributed by atoms with Gasteiger partial charge in [0.1, 0.15) is 0 Å². The van der Waals surface area contributed by atoms with E-state index in [2.05, 4.69) is 62.2 Å². The number of allylic oxidation sites excluding steroid dienone is 3. The maximum absolute atomic E-state index is 4.10. The van der Waals surface area contributed by atoms with Gasteiger partial charge in [0.15, 0.2) is 0 Å². The summed E-state index contributed by atoms with van der Waals surface area (Å²) >= 11 is 4.44. The molecule has 2 saturated carbocycles. The first-order chi connectivity index (χ1) is 12.2. The predicted octanol–water partition coefficient (Wildman–Crippen LogP) is 6.93. The molecule has 0 N–H and O–H groups in total. The van der Waals surface area contributed by atoms with Gasteiger partial charge in [-0.3, -0.25) is 0 Å². The van der Waals surface area contributed by atoms with Crippen LogP contribution in [0.3, 0.4) is 0 Å². The van der Waals surface area contributed by atoms with E-state index in [1.807, 2.05) is 0 Å². The van der Waals surface area contributed by atoms with E-state index in [9.17, 15) is 0 Å². The summed E-state index contributed by atoms with van der Waals surface area (Å²) in [5.74, 6) is 11.9. The molecule has 2 bridgehead atoms. The molecule has 2 fully saturated rings. The number of rotatable bonds is 11. The second kappa shape index (κ2) is 9.93. The van der Waals surface area contributed by atoms with Crippen molar-refractivity contribution < 1.29 is 0 Å². The Hall–Kier alpha value is 0.180. The molecule has 0 radical (unpaired) electrons. The molecule has 0 saturated heterocycles. The minimum Gasteiger partial charge on any atom is -0.162 e. The highest BCUT2D eigenvalue weighted by Crippen LogP contribution is 2.45. The number of hydrogen-bond donors (Lipinski definition) is 0. The van der Waals surface area contributed by atoms with Gasteiger partial charge in [-0.2, -0.15) is 23.5 Å². The van der Waals surface area contributed by atoms with Crippen LogP contribution in [0.25, 0.3) is 0 Å². The molecule has 3 aliphatic carbocycles. The van der Waals surface area contributed by atoms with Crippen molar-refractivity contribution in [3.8, 4) is 0 Å². The molecule has 0 aromatic rings. The summed E-state index contributed by atoms with van der Waals surface area (Å²) in [5.41, 5.74) is 0. The van der Waals surface area contributed by atoms with E-state index in [1.165, 1.54) is 61.5 Å². The van der Waals surface area contributed by atoms with E-state index >= 15 is 0 Å². The number of unbranched alkanes of at least 4 members (excludes halogenated alkanes) is 1. The van der Waals surface area contributed by atoms with Crippen LogP contribution in [0.5, 0.6) is 0 Å².